The van der Waals surface area contributed by atoms with Crippen molar-refractivity contribution in [2.75, 3.05) is 13.2 Å². The summed E-state index contributed by atoms with van der Waals surface area (Å²) >= 11 is 0. The average molecular weight is 376 g/mol. The summed E-state index contributed by atoms with van der Waals surface area (Å²) in [5, 5.41) is 19.6. The van der Waals surface area contributed by atoms with Gasteiger partial charge in [-0.15, -0.1) is 0 Å². The predicted octanol–water partition coefficient (Wildman–Crippen LogP) is 4.51. The fourth-order valence-electron chi connectivity index (χ4n) is 2.79. The summed E-state index contributed by atoms with van der Waals surface area (Å²) in [6, 6.07) is 4.81. The van der Waals surface area contributed by atoms with Gasteiger partial charge in [-0.25, -0.2) is 4.79 Å². The molecule has 0 bridgehead atoms. The van der Waals surface area contributed by atoms with Crippen LogP contribution in [0.5, 0.6) is 17.2 Å². The number of hydrogen-bond acceptors (Lipinski definition) is 6. The molecule has 0 atom stereocenters. The number of allylic oxidation sites excluding steroid dienone is 1. The molecule has 0 radical (unpaired) electrons. The topological polar surface area (TPSA) is 89.1 Å². The molecule has 0 aliphatic rings. The van der Waals surface area contributed by atoms with E-state index < -0.39 is 5.63 Å². The van der Waals surface area contributed by atoms with E-state index in [1.807, 2.05) is 6.08 Å². The molecular formula is C21H28O6. The highest BCUT2D eigenvalue weighted by Gasteiger charge is 2.18. The molecule has 6 heteroatoms. The van der Waals surface area contributed by atoms with Gasteiger partial charge in [-0.3, -0.25) is 0 Å². The first-order valence-electron chi connectivity index (χ1n) is 9.53. The van der Waals surface area contributed by atoms with Gasteiger partial charge in [0, 0.05) is 0 Å². The number of aromatic hydroxyl groups is 1. The zero-order chi connectivity index (χ0) is 19.5. The number of rotatable bonds is 12. The van der Waals surface area contributed by atoms with Gasteiger partial charge in [-0.1, -0.05) is 45.1 Å². The highest BCUT2D eigenvalue weighted by molar-refractivity contribution is 5.91. The zero-order valence-corrected chi connectivity index (χ0v) is 15.8. The lowest BCUT2D eigenvalue weighted by atomic mass is 10.1. The number of aliphatic hydroxyl groups is 1. The minimum atomic E-state index is -0.761. The van der Waals surface area contributed by atoms with E-state index in [1.165, 1.54) is 38.4 Å². The van der Waals surface area contributed by atoms with Crippen LogP contribution in [0.25, 0.3) is 11.0 Å². The Kier molecular flexibility index (Phi) is 8.71. The van der Waals surface area contributed by atoms with E-state index in [9.17, 15) is 9.90 Å². The third-order valence-corrected chi connectivity index (χ3v) is 4.18. The number of ether oxygens (including phenoxy) is 2. The summed E-state index contributed by atoms with van der Waals surface area (Å²) in [4.78, 5) is 12.1. The first kappa shape index (κ1) is 20.8. The maximum Gasteiger partial charge on any atom is 0.383 e. The number of benzene rings is 1. The Balaban J connectivity index is 2.03. The molecule has 0 saturated heterocycles. The average Bonchev–Trinajstić information content (AvgIpc) is 2.66. The minimum absolute atomic E-state index is 0.0615. The standard InChI is InChI=1S/C21H28O6/c1-2-3-4-5-6-7-8-9-14-26-20-19(23)18-16(25-15-13-22)11-10-12-17(18)27-21(20)24/h9-12,14,22-23H,2-8,13,15H2,1H3. The van der Waals surface area contributed by atoms with Gasteiger partial charge in [0.05, 0.1) is 12.9 Å². The Labute approximate surface area is 159 Å². The van der Waals surface area contributed by atoms with Crippen molar-refractivity contribution in [1.29, 1.82) is 0 Å². The van der Waals surface area contributed by atoms with Crippen LogP contribution in [0, 0.1) is 0 Å². The molecular weight excluding hydrogens is 348 g/mol. The molecule has 0 unspecified atom stereocenters. The molecule has 2 rings (SSSR count). The van der Waals surface area contributed by atoms with Crippen LogP contribution in [0.15, 0.2) is 39.7 Å². The molecule has 0 aliphatic heterocycles. The molecule has 0 spiro atoms. The van der Waals surface area contributed by atoms with Gasteiger partial charge in [0.1, 0.15) is 23.3 Å². The molecule has 1 aromatic carbocycles. The maximum absolute atomic E-state index is 12.1. The second-order valence-electron chi connectivity index (χ2n) is 6.31. The van der Waals surface area contributed by atoms with Gasteiger partial charge in [0.15, 0.2) is 5.75 Å². The second-order valence-corrected chi connectivity index (χ2v) is 6.31. The van der Waals surface area contributed by atoms with Crippen molar-refractivity contribution in [2.24, 2.45) is 0 Å². The van der Waals surface area contributed by atoms with Crippen molar-refractivity contribution in [3.05, 3.63) is 41.0 Å². The molecule has 0 fully saturated rings. The SMILES string of the molecule is CCCCCCCCC=COc1c(O)c2c(OCCO)cccc2oc1=O. The largest absolute Gasteiger partial charge is 0.503 e. The van der Waals surface area contributed by atoms with Crippen molar-refractivity contribution in [3.63, 3.8) is 0 Å². The quantitative estimate of drug-likeness (QED) is 0.322. The summed E-state index contributed by atoms with van der Waals surface area (Å²) in [6.45, 7) is 2.09. The maximum atomic E-state index is 12.1. The van der Waals surface area contributed by atoms with E-state index in [2.05, 4.69) is 6.92 Å². The smallest absolute Gasteiger partial charge is 0.383 e. The molecule has 0 amide bonds. The molecule has 27 heavy (non-hydrogen) atoms. The molecule has 6 nitrogen and oxygen atoms in total. The van der Waals surface area contributed by atoms with Crippen LogP contribution in [0.3, 0.4) is 0 Å². The van der Waals surface area contributed by atoms with Gasteiger partial charge in [0.25, 0.3) is 5.75 Å². The van der Waals surface area contributed by atoms with Crippen molar-refractivity contribution < 1.29 is 24.1 Å². The Morgan fingerprint density at radius 2 is 1.93 bits per heavy atom. The molecule has 0 aliphatic carbocycles. The third kappa shape index (κ3) is 6.03. The summed E-state index contributed by atoms with van der Waals surface area (Å²) in [6.07, 6.45) is 11.3. The van der Waals surface area contributed by atoms with Crippen LogP contribution in [0.1, 0.15) is 51.9 Å². The number of unbranched alkanes of at least 4 members (excludes halogenated alkanes) is 6. The number of fused-ring (bicyclic) bond motifs is 1. The van der Waals surface area contributed by atoms with Crippen LogP contribution in [0.2, 0.25) is 0 Å². The van der Waals surface area contributed by atoms with Gasteiger partial charge in [-0.05, 0) is 31.1 Å². The lowest BCUT2D eigenvalue weighted by Crippen LogP contribution is -2.06. The fourth-order valence-corrected chi connectivity index (χ4v) is 2.79. The van der Waals surface area contributed by atoms with E-state index in [1.54, 1.807) is 18.2 Å². The highest BCUT2D eigenvalue weighted by Crippen LogP contribution is 2.37. The Bertz CT molecular complexity index is 793. The van der Waals surface area contributed by atoms with E-state index in [0.29, 0.717) is 5.75 Å². The molecule has 1 aromatic heterocycles. The Hall–Kier alpha value is -2.47. The lowest BCUT2D eigenvalue weighted by molar-refractivity contribution is 0.202. The first-order chi connectivity index (χ1) is 13.2. The van der Waals surface area contributed by atoms with E-state index in [-0.39, 0.29) is 35.7 Å². The summed E-state index contributed by atoms with van der Waals surface area (Å²) < 4.78 is 15.9. The fraction of sp³-hybridized carbons (Fsp3) is 0.476. The monoisotopic (exact) mass is 376 g/mol. The molecule has 2 aromatic rings. The van der Waals surface area contributed by atoms with Crippen molar-refractivity contribution >= 4 is 11.0 Å². The Morgan fingerprint density at radius 3 is 2.70 bits per heavy atom. The third-order valence-electron chi connectivity index (χ3n) is 4.18. The minimum Gasteiger partial charge on any atom is -0.503 e. The van der Waals surface area contributed by atoms with Crippen molar-refractivity contribution in [3.8, 4) is 17.2 Å². The van der Waals surface area contributed by atoms with Crippen LogP contribution >= 0.6 is 0 Å². The highest BCUT2D eigenvalue weighted by atomic mass is 16.5. The van der Waals surface area contributed by atoms with E-state index in [4.69, 9.17) is 19.0 Å². The molecule has 0 saturated carbocycles. The van der Waals surface area contributed by atoms with Gasteiger partial charge in [-0.2, -0.15) is 0 Å². The van der Waals surface area contributed by atoms with Crippen LogP contribution in [-0.4, -0.2) is 23.4 Å². The van der Waals surface area contributed by atoms with Gasteiger partial charge < -0.3 is 24.1 Å². The normalized spacial score (nSPS) is 11.3. The summed E-state index contributed by atoms with van der Waals surface area (Å²) in [5.74, 6) is -0.301. The predicted molar refractivity (Wildman–Crippen MR) is 104 cm³/mol. The van der Waals surface area contributed by atoms with Crippen LogP contribution in [-0.2, 0) is 0 Å². The summed E-state index contributed by atoms with van der Waals surface area (Å²) in [5.41, 5.74) is -0.570. The van der Waals surface area contributed by atoms with Crippen LogP contribution in [0.4, 0.5) is 0 Å². The van der Waals surface area contributed by atoms with Crippen molar-refractivity contribution in [1.82, 2.24) is 0 Å². The second kappa shape index (κ2) is 11.3. The molecule has 148 valence electrons. The number of aliphatic hydroxyl groups excluding tert-OH is 1. The van der Waals surface area contributed by atoms with Crippen molar-refractivity contribution in [2.45, 2.75) is 51.9 Å². The number of hydrogen-bond donors (Lipinski definition) is 2. The van der Waals surface area contributed by atoms with E-state index in [0.717, 1.165) is 12.8 Å². The van der Waals surface area contributed by atoms with Gasteiger partial charge in [0.2, 0.25) is 0 Å². The zero-order valence-electron chi connectivity index (χ0n) is 15.8. The van der Waals surface area contributed by atoms with Gasteiger partial charge >= 0.3 is 5.63 Å². The van der Waals surface area contributed by atoms with E-state index >= 15 is 0 Å². The summed E-state index contributed by atoms with van der Waals surface area (Å²) in [7, 11) is 0. The molecule has 2 N–H and O–H groups in total. The lowest BCUT2D eigenvalue weighted by Gasteiger charge is -2.10. The Morgan fingerprint density at radius 1 is 1.15 bits per heavy atom. The molecule has 1 heterocycles. The first-order valence-corrected chi connectivity index (χ1v) is 9.53. The van der Waals surface area contributed by atoms with Crippen LogP contribution < -0.4 is 15.1 Å².